The second-order valence-corrected chi connectivity index (χ2v) is 8.10. The average molecular weight is 415 g/mol. The summed E-state index contributed by atoms with van der Waals surface area (Å²) in [6.07, 6.45) is 0. The number of carbonyl (C=O) groups is 1. The van der Waals surface area contributed by atoms with Crippen LogP contribution in [0.5, 0.6) is 5.75 Å². The molecular formula is C25H22N2O2S. The maximum Gasteiger partial charge on any atom is 0.238 e. The van der Waals surface area contributed by atoms with Gasteiger partial charge in [-0.1, -0.05) is 60.7 Å². The number of ether oxygens (including phenoxy) is 1. The minimum Gasteiger partial charge on any atom is -0.497 e. The number of aromatic nitrogens is 1. The molecule has 3 aromatic carbocycles. The van der Waals surface area contributed by atoms with Crippen LogP contribution in [0.15, 0.2) is 84.9 Å². The Kier molecular flexibility index (Phi) is 5.91. The fourth-order valence-electron chi connectivity index (χ4n) is 3.43. The SMILES string of the molecule is COc1ccc(-c2nc(NC(=O)C(c3ccccc3)c3ccccc3)sc2C)cc1. The zero-order valence-corrected chi connectivity index (χ0v) is 17.6. The lowest BCUT2D eigenvalue weighted by Crippen LogP contribution is -2.22. The van der Waals surface area contributed by atoms with Crippen LogP contribution in [0, 0.1) is 6.92 Å². The topological polar surface area (TPSA) is 51.2 Å². The molecule has 0 saturated carbocycles. The number of amides is 1. The number of anilines is 1. The van der Waals surface area contributed by atoms with Crippen molar-refractivity contribution in [3.8, 4) is 17.0 Å². The Morgan fingerprint density at radius 1 is 0.900 bits per heavy atom. The summed E-state index contributed by atoms with van der Waals surface area (Å²) in [6, 6.07) is 27.4. The lowest BCUT2D eigenvalue weighted by molar-refractivity contribution is -0.116. The van der Waals surface area contributed by atoms with Crippen molar-refractivity contribution < 1.29 is 9.53 Å². The second kappa shape index (κ2) is 8.93. The molecule has 4 rings (SSSR count). The molecule has 1 aromatic heterocycles. The number of methoxy groups -OCH3 is 1. The van der Waals surface area contributed by atoms with Gasteiger partial charge in [0.05, 0.1) is 18.7 Å². The Morgan fingerprint density at radius 3 is 2.00 bits per heavy atom. The van der Waals surface area contributed by atoms with Crippen molar-refractivity contribution in [1.29, 1.82) is 0 Å². The predicted molar refractivity (Wildman–Crippen MR) is 122 cm³/mol. The van der Waals surface area contributed by atoms with E-state index in [9.17, 15) is 4.79 Å². The van der Waals surface area contributed by atoms with E-state index < -0.39 is 5.92 Å². The lowest BCUT2D eigenvalue weighted by atomic mass is 9.90. The fraction of sp³-hybridized carbons (Fsp3) is 0.120. The number of aryl methyl sites for hydroxylation is 1. The van der Waals surface area contributed by atoms with E-state index in [2.05, 4.69) is 5.32 Å². The number of nitrogens with one attached hydrogen (secondary N) is 1. The van der Waals surface area contributed by atoms with Gasteiger partial charge in [0.15, 0.2) is 5.13 Å². The van der Waals surface area contributed by atoms with Gasteiger partial charge in [-0.25, -0.2) is 4.98 Å². The molecule has 0 spiro atoms. The molecule has 0 aliphatic carbocycles. The van der Waals surface area contributed by atoms with Gasteiger partial charge in [-0.15, -0.1) is 11.3 Å². The van der Waals surface area contributed by atoms with Gasteiger partial charge in [0.1, 0.15) is 5.75 Å². The minimum atomic E-state index is -0.402. The third-order valence-corrected chi connectivity index (χ3v) is 5.80. The van der Waals surface area contributed by atoms with Gasteiger partial charge < -0.3 is 10.1 Å². The van der Waals surface area contributed by atoms with Crippen molar-refractivity contribution in [3.63, 3.8) is 0 Å². The second-order valence-electron chi connectivity index (χ2n) is 6.90. The number of carbonyl (C=O) groups excluding carboxylic acids is 1. The van der Waals surface area contributed by atoms with Gasteiger partial charge in [-0.3, -0.25) is 4.79 Å². The summed E-state index contributed by atoms with van der Waals surface area (Å²) in [5.41, 5.74) is 3.76. The van der Waals surface area contributed by atoms with E-state index in [4.69, 9.17) is 9.72 Å². The molecule has 0 bridgehead atoms. The van der Waals surface area contributed by atoms with E-state index in [1.54, 1.807) is 7.11 Å². The van der Waals surface area contributed by atoms with Crippen molar-refractivity contribution in [2.75, 3.05) is 12.4 Å². The molecule has 0 saturated heterocycles. The quantitative estimate of drug-likeness (QED) is 0.427. The molecule has 0 atom stereocenters. The molecule has 0 radical (unpaired) electrons. The molecule has 5 heteroatoms. The molecule has 30 heavy (non-hydrogen) atoms. The maximum atomic E-state index is 13.3. The van der Waals surface area contributed by atoms with Crippen molar-refractivity contribution in [1.82, 2.24) is 4.98 Å². The molecule has 1 amide bonds. The highest BCUT2D eigenvalue weighted by molar-refractivity contribution is 7.16. The van der Waals surface area contributed by atoms with E-state index >= 15 is 0 Å². The largest absolute Gasteiger partial charge is 0.497 e. The number of benzene rings is 3. The summed E-state index contributed by atoms with van der Waals surface area (Å²) in [6.45, 7) is 2.01. The van der Waals surface area contributed by atoms with E-state index in [1.165, 1.54) is 11.3 Å². The highest BCUT2D eigenvalue weighted by Crippen LogP contribution is 2.33. The van der Waals surface area contributed by atoms with Crippen molar-refractivity contribution in [3.05, 3.63) is 101 Å². The molecule has 0 fully saturated rings. The van der Waals surface area contributed by atoms with Crippen LogP contribution in [0.2, 0.25) is 0 Å². The Hall–Kier alpha value is -3.44. The minimum absolute atomic E-state index is 0.0950. The molecule has 0 aliphatic rings. The summed E-state index contributed by atoms with van der Waals surface area (Å²) < 4.78 is 5.23. The molecule has 1 N–H and O–H groups in total. The summed E-state index contributed by atoms with van der Waals surface area (Å²) >= 11 is 1.48. The zero-order valence-electron chi connectivity index (χ0n) is 16.8. The van der Waals surface area contributed by atoms with Crippen LogP contribution in [0.4, 0.5) is 5.13 Å². The van der Waals surface area contributed by atoms with Gasteiger partial charge in [-0.2, -0.15) is 0 Å². The van der Waals surface area contributed by atoms with Crippen LogP contribution in [0.25, 0.3) is 11.3 Å². The van der Waals surface area contributed by atoms with Crippen LogP contribution < -0.4 is 10.1 Å². The third kappa shape index (κ3) is 4.26. The highest BCUT2D eigenvalue weighted by Gasteiger charge is 2.24. The molecule has 1 heterocycles. The maximum absolute atomic E-state index is 13.3. The van der Waals surface area contributed by atoms with Gasteiger partial charge in [0, 0.05) is 10.4 Å². The first-order valence-electron chi connectivity index (χ1n) is 9.68. The van der Waals surface area contributed by atoms with Crippen LogP contribution in [0.3, 0.4) is 0 Å². The fourth-order valence-corrected chi connectivity index (χ4v) is 4.27. The molecule has 4 nitrogen and oxygen atoms in total. The van der Waals surface area contributed by atoms with Gasteiger partial charge >= 0.3 is 0 Å². The first-order valence-corrected chi connectivity index (χ1v) is 10.5. The third-order valence-electron chi connectivity index (χ3n) is 4.92. The summed E-state index contributed by atoms with van der Waals surface area (Å²) in [5.74, 6) is 0.303. The molecule has 4 aromatic rings. The average Bonchev–Trinajstić information content (AvgIpc) is 3.15. The van der Waals surface area contributed by atoms with E-state index in [1.807, 2.05) is 91.9 Å². The summed E-state index contributed by atoms with van der Waals surface area (Å²) in [7, 11) is 1.65. The van der Waals surface area contributed by atoms with E-state index in [0.717, 1.165) is 33.0 Å². The highest BCUT2D eigenvalue weighted by atomic mass is 32.1. The van der Waals surface area contributed by atoms with E-state index in [0.29, 0.717) is 5.13 Å². The lowest BCUT2D eigenvalue weighted by Gasteiger charge is -2.17. The van der Waals surface area contributed by atoms with Crippen molar-refractivity contribution >= 4 is 22.4 Å². The monoisotopic (exact) mass is 414 g/mol. The first-order chi connectivity index (χ1) is 14.7. The van der Waals surface area contributed by atoms with Crippen LogP contribution >= 0.6 is 11.3 Å². The molecular weight excluding hydrogens is 392 g/mol. The van der Waals surface area contributed by atoms with E-state index in [-0.39, 0.29) is 5.91 Å². The molecule has 0 aliphatic heterocycles. The Balaban J connectivity index is 1.61. The Labute approximate surface area is 180 Å². The summed E-state index contributed by atoms with van der Waals surface area (Å²) in [5, 5.41) is 3.63. The van der Waals surface area contributed by atoms with Crippen molar-refractivity contribution in [2.24, 2.45) is 0 Å². The number of rotatable bonds is 6. The zero-order chi connectivity index (χ0) is 20.9. The first kappa shape index (κ1) is 19.9. The number of thiazole rings is 1. The smallest absolute Gasteiger partial charge is 0.238 e. The van der Waals surface area contributed by atoms with Gasteiger partial charge in [-0.05, 0) is 42.3 Å². The number of hydrogen-bond donors (Lipinski definition) is 1. The molecule has 0 unspecified atom stereocenters. The van der Waals surface area contributed by atoms with Crippen LogP contribution in [-0.2, 0) is 4.79 Å². The van der Waals surface area contributed by atoms with Crippen LogP contribution in [0.1, 0.15) is 21.9 Å². The predicted octanol–water partition coefficient (Wildman–Crippen LogP) is 5.90. The normalized spacial score (nSPS) is 10.8. The standard InChI is InChI=1S/C25H22N2O2S/c1-17-23(20-13-15-21(29-2)16-14-20)26-25(30-17)27-24(28)22(18-9-5-3-6-10-18)19-11-7-4-8-12-19/h3-16,22H,1-2H3,(H,26,27,28). The van der Waals surface area contributed by atoms with Gasteiger partial charge in [0.25, 0.3) is 0 Å². The number of hydrogen-bond acceptors (Lipinski definition) is 4. The number of nitrogens with zero attached hydrogens (tertiary/aromatic N) is 1. The summed E-state index contributed by atoms with van der Waals surface area (Å²) in [4.78, 5) is 19.0. The van der Waals surface area contributed by atoms with Gasteiger partial charge in [0.2, 0.25) is 5.91 Å². The van der Waals surface area contributed by atoms with Crippen molar-refractivity contribution in [2.45, 2.75) is 12.8 Å². The molecule has 150 valence electrons. The van der Waals surface area contributed by atoms with Crippen LogP contribution in [-0.4, -0.2) is 18.0 Å². The Morgan fingerprint density at radius 2 is 1.47 bits per heavy atom. The Bertz CT molecular complexity index is 1080.